The Balaban J connectivity index is 1.49. The summed E-state index contributed by atoms with van der Waals surface area (Å²) in [4.78, 5) is 25.0. The number of fused-ring (bicyclic) bond motifs is 1. The Hall–Kier alpha value is -2.77. The van der Waals surface area contributed by atoms with Crippen molar-refractivity contribution in [2.45, 2.75) is 6.92 Å². The van der Waals surface area contributed by atoms with Crippen LogP contribution in [-0.4, -0.2) is 30.0 Å². The van der Waals surface area contributed by atoms with Gasteiger partial charge >= 0.3 is 0 Å². The number of hydrogen-bond donors (Lipinski definition) is 1. The molecule has 0 aliphatic carbocycles. The fourth-order valence-corrected chi connectivity index (χ4v) is 4.63. The van der Waals surface area contributed by atoms with E-state index in [2.05, 4.69) is 15.3 Å². The fourth-order valence-electron chi connectivity index (χ4n) is 2.60. The number of aromatic nitrogens is 2. The zero-order valence-electron chi connectivity index (χ0n) is 15.2. The Labute approximate surface area is 165 Å². The number of nitrogens with one attached hydrogen (secondary N) is 1. The number of rotatable bonds is 4. The molecule has 3 heterocycles. The third-order valence-electron chi connectivity index (χ3n) is 4.07. The number of aryl methyl sites for hydroxylation is 1. The van der Waals surface area contributed by atoms with Gasteiger partial charge in [0.25, 0.3) is 5.91 Å². The second-order valence-electron chi connectivity index (χ2n) is 6.39. The van der Waals surface area contributed by atoms with Crippen LogP contribution in [0.1, 0.15) is 15.4 Å². The molecule has 3 aromatic heterocycles. The summed E-state index contributed by atoms with van der Waals surface area (Å²) in [7, 11) is 3.93. The zero-order valence-corrected chi connectivity index (χ0v) is 16.8. The van der Waals surface area contributed by atoms with Crippen LogP contribution in [0.3, 0.4) is 0 Å². The van der Waals surface area contributed by atoms with Crippen molar-refractivity contribution in [3.05, 3.63) is 59.2 Å². The normalized spacial score (nSPS) is 10.9. The van der Waals surface area contributed by atoms with Gasteiger partial charge in [-0.25, -0.2) is 4.98 Å². The summed E-state index contributed by atoms with van der Waals surface area (Å²) < 4.78 is 1.04. The van der Waals surface area contributed by atoms with E-state index in [1.165, 1.54) is 11.3 Å². The number of carbonyl (C=O) groups excluding carboxylic acids is 1. The number of carbonyl (C=O) groups is 1. The van der Waals surface area contributed by atoms with Crippen molar-refractivity contribution in [3.63, 3.8) is 0 Å². The summed E-state index contributed by atoms with van der Waals surface area (Å²) in [6.45, 7) is 1.97. The van der Waals surface area contributed by atoms with E-state index < -0.39 is 0 Å². The number of anilines is 2. The van der Waals surface area contributed by atoms with E-state index in [-0.39, 0.29) is 5.91 Å². The molecule has 1 aromatic carbocycles. The number of nitrogens with zero attached hydrogens (tertiary/aromatic N) is 3. The molecule has 4 rings (SSSR count). The fraction of sp³-hybridized carbons (Fsp3) is 0.150. The molecule has 0 fully saturated rings. The molecule has 0 saturated carbocycles. The van der Waals surface area contributed by atoms with E-state index in [1.807, 2.05) is 74.6 Å². The molecule has 0 aliphatic rings. The second kappa shape index (κ2) is 7.09. The second-order valence-corrected chi connectivity index (χ2v) is 8.43. The van der Waals surface area contributed by atoms with Gasteiger partial charge < -0.3 is 10.2 Å². The van der Waals surface area contributed by atoms with Crippen molar-refractivity contribution >= 4 is 48.9 Å². The highest BCUT2D eigenvalue weighted by Crippen LogP contribution is 2.34. The van der Waals surface area contributed by atoms with Crippen LogP contribution in [0.15, 0.2) is 48.7 Å². The lowest BCUT2D eigenvalue weighted by Crippen LogP contribution is -2.10. The molecule has 0 bridgehead atoms. The van der Waals surface area contributed by atoms with Crippen LogP contribution in [0.25, 0.3) is 20.7 Å². The molecular formula is C20H18N4OS2. The van der Waals surface area contributed by atoms with Crippen LogP contribution in [0.2, 0.25) is 0 Å². The molecule has 1 amide bonds. The quantitative estimate of drug-likeness (QED) is 0.526. The van der Waals surface area contributed by atoms with E-state index in [1.54, 1.807) is 11.3 Å². The Bertz CT molecular complexity index is 1060. The maximum absolute atomic E-state index is 12.5. The zero-order chi connectivity index (χ0) is 19.0. The Morgan fingerprint density at radius 3 is 2.41 bits per heavy atom. The molecule has 4 aromatic rings. The number of hydrogen-bond acceptors (Lipinski definition) is 6. The standard InChI is InChI=1S/C20H18N4OS2/c1-12-4-5-14(11-21-12)13-6-8-15(9-7-13)22-18(25)16-10-17-19(26-16)23-20(27-17)24(2)3/h4-11H,1-3H3,(H,22,25). The average molecular weight is 395 g/mol. The van der Waals surface area contributed by atoms with Crippen molar-refractivity contribution in [1.29, 1.82) is 0 Å². The molecule has 0 unspecified atom stereocenters. The van der Waals surface area contributed by atoms with E-state index in [0.29, 0.717) is 4.88 Å². The molecule has 0 saturated heterocycles. The first-order chi connectivity index (χ1) is 13.0. The highest BCUT2D eigenvalue weighted by atomic mass is 32.1. The molecular weight excluding hydrogens is 376 g/mol. The van der Waals surface area contributed by atoms with E-state index in [4.69, 9.17) is 0 Å². The van der Waals surface area contributed by atoms with Gasteiger partial charge in [0.05, 0.1) is 9.58 Å². The maximum atomic E-state index is 12.5. The van der Waals surface area contributed by atoms with Gasteiger partial charge in [-0.05, 0) is 36.8 Å². The number of amides is 1. The van der Waals surface area contributed by atoms with Crippen LogP contribution in [0, 0.1) is 6.92 Å². The molecule has 1 N–H and O–H groups in total. The maximum Gasteiger partial charge on any atom is 0.265 e. The molecule has 0 radical (unpaired) electrons. The Morgan fingerprint density at radius 2 is 1.78 bits per heavy atom. The topological polar surface area (TPSA) is 58.1 Å². The van der Waals surface area contributed by atoms with Crippen LogP contribution in [0.5, 0.6) is 0 Å². The average Bonchev–Trinajstić information content (AvgIpc) is 3.22. The van der Waals surface area contributed by atoms with Gasteiger partial charge in [-0.1, -0.05) is 29.5 Å². The van der Waals surface area contributed by atoms with Crippen LogP contribution in [0.4, 0.5) is 10.8 Å². The number of thiophene rings is 1. The van der Waals surface area contributed by atoms with Crippen molar-refractivity contribution < 1.29 is 4.79 Å². The smallest absolute Gasteiger partial charge is 0.265 e. The van der Waals surface area contributed by atoms with Crippen molar-refractivity contribution in [2.75, 3.05) is 24.3 Å². The number of pyridine rings is 1. The van der Waals surface area contributed by atoms with Crippen molar-refractivity contribution in [3.8, 4) is 11.1 Å². The first kappa shape index (κ1) is 17.6. The summed E-state index contributed by atoms with van der Waals surface area (Å²) in [5.74, 6) is -0.110. The van der Waals surface area contributed by atoms with E-state index >= 15 is 0 Å². The monoisotopic (exact) mass is 394 g/mol. The Kier molecular flexibility index (Phi) is 4.63. The summed E-state index contributed by atoms with van der Waals surface area (Å²) in [6.07, 6.45) is 1.86. The van der Waals surface area contributed by atoms with Crippen LogP contribution < -0.4 is 10.2 Å². The third-order valence-corrected chi connectivity index (χ3v) is 6.40. The highest BCUT2D eigenvalue weighted by Gasteiger charge is 2.15. The predicted octanol–water partition coefficient (Wildman–Crippen LogP) is 5.05. The minimum atomic E-state index is -0.110. The van der Waals surface area contributed by atoms with E-state index in [0.717, 1.165) is 37.2 Å². The van der Waals surface area contributed by atoms with E-state index in [9.17, 15) is 4.79 Å². The SMILES string of the molecule is Cc1ccc(-c2ccc(NC(=O)c3cc4sc(N(C)C)nc4s3)cc2)cn1. The van der Waals surface area contributed by atoms with Gasteiger partial charge in [0.2, 0.25) is 0 Å². The Morgan fingerprint density at radius 1 is 1.04 bits per heavy atom. The minimum Gasteiger partial charge on any atom is -0.354 e. The van der Waals surface area contributed by atoms with Gasteiger partial charge in [-0.2, -0.15) is 0 Å². The molecule has 136 valence electrons. The summed E-state index contributed by atoms with van der Waals surface area (Å²) in [5, 5.41) is 3.90. The minimum absolute atomic E-state index is 0.110. The van der Waals surface area contributed by atoms with Crippen molar-refractivity contribution in [2.24, 2.45) is 0 Å². The molecule has 27 heavy (non-hydrogen) atoms. The van der Waals surface area contributed by atoms with Gasteiger partial charge in [0.1, 0.15) is 4.83 Å². The number of benzene rings is 1. The number of thiazole rings is 1. The lowest BCUT2D eigenvalue weighted by Gasteiger charge is -2.06. The third kappa shape index (κ3) is 3.70. The lowest BCUT2D eigenvalue weighted by atomic mass is 10.1. The largest absolute Gasteiger partial charge is 0.354 e. The molecule has 0 atom stereocenters. The van der Waals surface area contributed by atoms with Gasteiger partial charge in [-0.15, -0.1) is 11.3 Å². The molecule has 0 spiro atoms. The first-order valence-electron chi connectivity index (χ1n) is 8.42. The van der Waals surface area contributed by atoms with Gasteiger partial charge in [0.15, 0.2) is 5.13 Å². The highest BCUT2D eigenvalue weighted by molar-refractivity contribution is 7.29. The first-order valence-corrected chi connectivity index (χ1v) is 10.0. The molecule has 5 nitrogen and oxygen atoms in total. The predicted molar refractivity (Wildman–Crippen MR) is 114 cm³/mol. The molecule has 7 heteroatoms. The van der Waals surface area contributed by atoms with Crippen molar-refractivity contribution in [1.82, 2.24) is 9.97 Å². The van der Waals surface area contributed by atoms with Gasteiger partial charge in [0, 0.05) is 37.2 Å². The summed E-state index contributed by atoms with van der Waals surface area (Å²) >= 11 is 3.01. The molecule has 0 aliphatic heterocycles. The van der Waals surface area contributed by atoms with Gasteiger partial charge in [-0.3, -0.25) is 9.78 Å². The van der Waals surface area contributed by atoms with Crippen LogP contribution in [-0.2, 0) is 0 Å². The summed E-state index contributed by atoms with van der Waals surface area (Å²) in [5.41, 5.74) is 3.88. The van der Waals surface area contributed by atoms with Crippen LogP contribution >= 0.6 is 22.7 Å². The summed E-state index contributed by atoms with van der Waals surface area (Å²) in [6, 6.07) is 13.7. The lowest BCUT2D eigenvalue weighted by molar-refractivity contribution is 0.103.